The lowest BCUT2D eigenvalue weighted by molar-refractivity contribution is -0.121. The lowest BCUT2D eigenvalue weighted by Gasteiger charge is -2.27. The number of hydrogen-bond donors (Lipinski definition) is 2. The summed E-state index contributed by atoms with van der Waals surface area (Å²) >= 11 is 0. The van der Waals surface area contributed by atoms with E-state index < -0.39 is 0 Å². The SMILES string of the molecule is CCCCCN1NCC(=O)NC1=O. The van der Waals surface area contributed by atoms with Crippen LogP contribution in [0.4, 0.5) is 4.79 Å². The predicted octanol–water partition coefficient (Wildman–Crippen LogP) is 0.233. The number of hydrogen-bond acceptors (Lipinski definition) is 3. The van der Waals surface area contributed by atoms with Crippen molar-refractivity contribution in [3.63, 3.8) is 0 Å². The van der Waals surface area contributed by atoms with Gasteiger partial charge in [-0.1, -0.05) is 19.8 Å². The summed E-state index contributed by atoms with van der Waals surface area (Å²) in [6, 6.07) is -0.340. The highest BCUT2D eigenvalue weighted by Crippen LogP contribution is 1.98. The molecule has 2 N–H and O–H groups in total. The largest absolute Gasteiger partial charge is 0.338 e. The van der Waals surface area contributed by atoms with Gasteiger partial charge in [-0.3, -0.25) is 15.1 Å². The first-order valence-electron chi connectivity index (χ1n) is 4.59. The van der Waals surface area contributed by atoms with Crippen molar-refractivity contribution >= 4 is 11.9 Å². The molecule has 1 rings (SSSR count). The van der Waals surface area contributed by atoms with Crippen molar-refractivity contribution in [2.75, 3.05) is 13.1 Å². The molecular weight excluding hydrogens is 170 g/mol. The number of carbonyl (C=O) groups is 2. The van der Waals surface area contributed by atoms with Gasteiger partial charge in [0.2, 0.25) is 5.91 Å². The number of nitrogens with one attached hydrogen (secondary N) is 2. The number of hydrazine groups is 1. The van der Waals surface area contributed by atoms with Crippen molar-refractivity contribution in [2.45, 2.75) is 26.2 Å². The highest BCUT2D eigenvalue weighted by atomic mass is 16.2. The lowest BCUT2D eigenvalue weighted by Crippen LogP contribution is -2.59. The molecule has 1 fully saturated rings. The van der Waals surface area contributed by atoms with Crippen LogP contribution in [0.15, 0.2) is 0 Å². The van der Waals surface area contributed by atoms with Crippen LogP contribution >= 0.6 is 0 Å². The van der Waals surface area contributed by atoms with Crippen LogP contribution in [0.25, 0.3) is 0 Å². The van der Waals surface area contributed by atoms with E-state index in [2.05, 4.69) is 17.7 Å². The summed E-state index contributed by atoms with van der Waals surface area (Å²) in [6.45, 7) is 2.96. The number of nitrogens with zero attached hydrogens (tertiary/aromatic N) is 1. The van der Waals surface area contributed by atoms with E-state index in [-0.39, 0.29) is 18.5 Å². The van der Waals surface area contributed by atoms with Crippen LogP contribution in [-0.2, 0) is 4.79 Å². The fourth-order valence-electron chi connectivity index (χ4n) is 1.17. The number of unbranched alkanes of at least 4 members (excludes halogenated alkanes) is 2. The summed E-state index contributed by atoms with van der Waals surface area (Å²) in [5, 5.41) is 3.70. The van der Waals surface area contributed by atoms with Crippen molar-refractivity contribution in [3.05, 3.63) is 0 Å². The van der Waals surface area contributed by atoms with Gasteiger partial charge >= 0.3 is 6.03 Å². The Morgan fingerprint density at radius 2 is 2.15 bits per heavy atom. The van der Waals surface area contributed by atoms with Crippen LogP contribution in [0.5, 0.6) is 0 Å². The number of amides is 3. The predicted molar refractivity (Wildman–Crippen MR) is 47.8 cm³/mol. The Kier molecular flexibility index (Phi) is 3.70. The van der Waals surface area contributed by atoms with Crippen LogP contribution < -0.4 is 10.7 Å². The molecule has 5 heteroatoms. The van der Waals surface area contributed by atoms with Crippen LogP contribution in [0.1, 0.15) is 26.2 Å². The molecule has 0 bridgehead atoms. The van der Waals surface area contributed by atoms with Crippen molar-refractivity contribution in [2.24, 2.45) is 0 Å². The lowest BCUT2D eigenvalue weighted by atomic mass is 10.2. The van der Waals surface area contributed by atoms with E-state index in [4.69, 9.17) is 0 Å². The highest BCUT2D eigenvalue weighted by molar-refractivity contribution is 5.97. The second kappa shape index (κ2) is 4.81. The highest BCUT2D eigenvalue weighted by Gasteiger charge is 2.21. The van der Waals surface area contributed by atoms with Gasteiger partial charge in [0.05, 0.1) is 6.54 Å². The first-order valence-corrected chi connectivity index (χ1v) is 4.59. The molecule has 0 saturated carbocycles. The maximum atomic E-state index is 11.1. The molecule has 3 amide bonds. The Labute approximate surface area is 77.4 Å². The van der Waals surface area contributed by atoms with E-state index in [9.17, 15) is 9.59 Å². The molecule has 0 atom stereocenters. The number of urea groups is 1. The van der Waals surface area contributed by atoms with Crippen LogP contribution in [-0.4, -0.2) is 30.0 Å². The fraction of sp³-hybridized carbons (Fsp3) is 0.750. The molecule has 0 unspecified atom stereocenters. The first-order chi connectivity index (χ1) is 6.24. The van der Waals surface area contributed by atoms with Crippen molar-refractivity contribution in [1.82, 2.24) is 15.8 Å². The van der Waals surface area contributed by atoms with E-state index >= 15 is 0 Å². The zero-order valence-corrected chi connectivity index (χ0v) is 7.80. The third kappa shape index (κ3) is 3.02. The number of rotatable bonds is 4. The van der Waals surface area contributed by atoms with E-state index in [1.165, 1.54) is 5.01 Å². The quantitative estimate of drug-likeness (QED) is 0.616. The molecule has 0 aromatic carbocycles. The van der Waals surface area contributed by atoms with Gasteiger partial charge in [0.15, 0.2) is 0 Å². The van der Waals surface area contributed by atoms with Gasteiger partial charge in [-0.25, -0.2) is 10.2 Å². The smallest absolute Gasteiger partial charge is 0.276 e. The second-order valence-electron chi connectivity index (χ2n) is 3.05. The third-order valence-corrected chi connectivity index (χ3v) is 1.91. The van der Waals surface area contributed by atoms with Crippen molar-refractivity contribution < 1.29 is 9.59 Å². The minimum atomic E-state index is -0.340. The molecule has 74 valence electrons. The maximum Gasteiger partial charge on any atom is 0.338 e. The second-order valence-corrected chi connectivity index (χ2v) is 3.05. The molecule has 0 aromatic heterocycles. The Balaban J connectivity index is 2.26. The summed E-state index contributed by atoms with van der Waals surface area (Å²) < 4.78 is 0. The van der Waals surface area contributed by atoms with E-state index in [0.29, 0.717) is 6.54 Å². The Hall–Kier alpha value is -1.10. The fourth-order valence-corrected chi connectivity index (χ4v) is 1.17. The van der Waals surface area contributed by atoms with Crippen molar-refractivity contribution in [3.8, 4) is 0 Å². The van der Waals surface area contributed by atoms with Crippen LogP contribution in [0, 0.1) is 0 Å². The molecule has 0 aliphatic carbocycles. The van der Waals surface area contributed by atoms with Gasteiger partial charge < -0.3 is 0 Å². The van der Waals surface area contributed by atoms with Crippen molar-refractivity contribution in [1.29, 1.82) is 0 Å². The average Bonchev–Trinajstić information content (AvgIpc) is 2.09. The molecule has 0 radical (unpaired) electrons. The molecule has 1 aliphatic rings. The Morgan fingerprint density at radius 1 is 1.38 bits per heavy atom. The molecule has 5 nitrogen and oxygen atoms in total. The van der Waals surface area contributed by atoms with E-state index in [1.807, 2.05) is 0 Å². The molecule has 1 heterocycles. The molecule has 13 heavy (non-hydrogen) atoms. The topological polar surface area (TPSA) is 61.4 Å². The minimum Gasteiger partial charge on any atom is -0.276 e. The molecular formula is C8H15N3O2. The monoisotopic (exact) mass is 185 g/mol. The molecule has 1 saturated heterocycles. The summed E-state index contributed by atoms with van der Waals surface area (Å²) in [5.41, 5.74) is 2.75. The summed E-state index contributed by atoms with van der Waals surface area (Å²) in [6.07, 6.45) is 3.18. The van der Waals surface area contributed by atoms with Crippen LogP contribution in [0.2, 0.25) is 0 Å². The van der Waals surface area contributed by atoms with E-state index in [0.717, 1.165) is 19.3 Å². The van der Waals surface area contributed by atoms with Gasteiger partial charge in [-0.2, -0.15) is 0 Å². The molecule has 0 aromatic rings. The first kappa shape index (κ1) is 9.98. The number of carbonyl (C=O) groups excluding carboxylic acids is 2. The van der Waals surface area contributed by atoms with Gasteiger partial charge in [-0.05, 0) is 6.42 Å². The molecule has 0 spiro atoms. The molecule has 1 aliphatic heterocycles. The number of imide groups is 1. The summed E-state index contributed by atoms with van der Waals surface area (Å²) in [5.74, 6) is -0.267. The normalized spacial score (nSPS) is 17.5. The zero-order valence-electron chi connectivity index (χ0n) is 7.80. The van der Waals surface area contributed by atoms with Gasteiger partial charge in [0, 0.05) is 6.54 Å². The minimum absolute atomic E-state index is 0.192. The van der Waals surface area contributed by atoms with Gasteiger partial charge in [0.25, 0.3) is 0 Å². The van der Waals surface area contributed by atoms with E-state index in [1.54, 1.807) is 0 Å². The van der Waals surface area contributed by atoms with Crippen LogP contribution in [0.3, 0.4) is 0 Å². The zero-order chi connectivity index (χ0) is 9.68. The Bertz CT molecular complexity index is 206. The van der Waals surface area contributed by atoms with Gasteiger partial charge in [0.1, 0.15) is 0 Å². The maximum absolute atomic E-state index is 11.1. The standard InChI is InChI=1S/C8H15N3O2/c1-2-3-4-5-11-8(13)10-7(12)6-9-11/h9H,2-6H2,1H3,(H,10,12,13). The summed E-state index contributed by atoms with van der Waals surface area (Å²) in [7, 11) is 0. The summed E-state index contributed by atoms with van der Waals surface area (Å²) in [4.78, 5) is 21.9. The van der Waals surface area contributed by atoms with Gasteiger partial charge in [-0.15, -0.1) is 0 Å². The average molecular weight is 185 g/mol. The third-order valence-electron chi connectivity index (χ3n) is 1.91. The Morgan fingerprint density at radius 3 is 2.77 bits per heavy atom.